The van der Waals surface area contributed by atoms with Crippen LogP contribution < -0.4 is 5.84 Å². The molecule has 0 radical (unpaired) electrons. The first kappa shape index (κ1) is 8.82. The van der Waals surface area contributed by atoms with Crippen LogP contribution in [0.3, 0.4) is 0 Å². The molecular formula is C5H5F4N3. The minimum absolute atomic E-state index is 0.256. The van der Waals surface area contributed by atoms with Crippen molar-refractivity contribution in [1.82, 2.24) is 9.89 Å². The highest BCUT2D eigenvalue weighted by Gasteiger charge is 2.19. The molecule has 7 heteroatoms. The van der Waals surface area contributed by atoms with Crippen LogP contribution in [-0.2, 0) is 0 Å². The average molecular weight is 183 g/mol. The van der Waals surface area contributed by atoms with Crippen molar-refractivity contribution >= 4 is 0 Å². The Kier molecular flexibility index (Phi) is 2.20. The van der Waals surface area contributed by atoms with Gasteiger partial charge >= 0.3 is 0 Å². The molecule has 0 saturated heterocycles. The second-order valence-electron chi connectivity index (χ2n) is 2.04. The van der Waals surface area contributed by atoms with Crippen molar-refractivity contribution in [2.75, 3.05) is 5.84 Å². The first-order valence-electron chi connectivity index (χ1n) is 2.93. The maximum absolute atomic E-state index is 11.9. The lowest BCUT2D eigenvalue weighted by molar-refractivity contribution is 0.142. The van der Waals surface area contributed by atoms with E-state index in [0.717, 1.165) is 0 Å². The second kappa shape index (κ2) is 3.00. The second-order valence-corrected chi connectivity index (χ2v) is 2.04. The SMILES string of the molecule is Nn1nc(C(F)F)cc1C(F)F. The third-order valence-electron chi connectivity index (χ3n) is 1.23. The van der Waals surface area contributed by atoms with Crippen molar-refractivity contribution in [1.29, 1.82) is 0 Å². The van der Waals surface area contributed by atoms with Crippen LogP contribution in [0.5, 0.6) is 0 Å². The van der Waals surface area contributed by atoms with Crippen molar-refractivity contribution in [3.8, 4) is 0 Å². The molecule has 12 heavy (non-hydrogen) atoms. The Labute approximate surface area is 64.7 Å². The van der Waals surface area contributed by atoms with E-state index in [2.05, 4.69) is 5.10 Å². The van der Waals surface area contributed by atoms with Crippen molar-refractivity contribution in [3.63, 3.8) is 0 Å². The number of rotatable bonds is 2. The van der Waals surface area contributed by atoms with E-state index in [-0.39, 0.29) is 4.79 Å². The standard InChI is InChI=1S/C5H5F4N3/c6-4(7)2-1-3(5(8)9)12(10)11-2/h1,4-5H,10H2. The molecular weight excluding hydrogens is 178 g/mol. The van der Waals surface area contributed by atoms with Crippen LogP contribution in [0.4, 0.5) is 17.6 Å². The maximum Gasteiger partial charge on any atom is 0.282 e. The summed E-state index contributed by atoms with van der Waals surface area (Å²) < 4.78 is 47.5. The highest BCUT2D eigenvalue weighted by Crippen LogP contribution is 2.23. The van der Waals surface area contributed by atoms with Crippen LogP contribution in [0.25, 0.3) is 0 Å². The molecule has 0 spiro atoms. The highest BCUT2D eigenvalue weighted by molar-refractivity contribution is 5.12. The lowest BCUT2D eigenvalue weighted by Crippen LogP contribution is -2.14. The number of hydrogen-bond acceptors (Lipinski definition) is 2. The minimum Gasteiger partial charge on any atom is -0.323 e. The van der Waals surface area contributed by atoms with Gasteiger partial charge in [0, 0.05) is 0 Å². The van der Waals surface area contributed by atoms with Crippen molar-refractivity contribution in [3.05, 3.63) is 17.5 Å². The average Bonchev–Trinajstić information content (AvgIpc) is 2.30. The summed E-state index contributed by atoms with van der Waals surface area (Å²) in [6.45, 7) is 0. The van der Waals surface area contributed by atoms with Crippen LogP contribution in [0.2, 0.25) is 0 Å². The molecule has 2 N–H and O–H groups in total. The Morgan fingerprint density at radius 1 is 1.25 bits per heavy atom. The van der Waals surface area contributed by atoms with Crippen molar-refractivity contribution < 1.29 is 17.6 Å². The van der Waals surface area contributed by atoms with E-state index in [4.69, 9.17) is 5.84 Å². The molecule has 68 valence electrons. The molecule has 0 aliphatic carbocycles. The predicted octanol–water partition coefficient (Wildman–Crippen LogP) is 1.47. The fourth-order valence-corrected chi connectivity index (χ4v) is 0.698. The van der Waals surface area contributed by atoms with Gasteiger partial charge < -0.3 is 5.84 Å². The smallest absolute Gasteiger partial charge is 0.282 e. The van der Waals surface area contributed by atoms with E-state index < -0.39 is 24.2 Å². The largest absolute Gasteiger partial charge is 0.323 e. The Morgan fingerprint density at radius 3 is 2.08 bits per heavy atom. The molecule has 0 bridgehead atoms. The van der Waals surface area contributed by atoms with E-state index in [9.17, 15) is 17.6 Å². The topological polar surface area (TPSA) is 43.8 Å². The first-order chi connectivity index (χ1) is 5.52. The third-order valence-corrected chi connectivity index (χ3v) is 1.23. The summed E-state index contributed by atoms with van der Waals surface area (Å²) in [5, 5.41) is 3.00. The molecule has 0 unspecified atom stereocenters. The molecule has 1 heterocycles. The van der Waals surface area contributed by atoms with E-state index in [1.807, 2.05) is 0 Å². The van der Waals surface area contributed by atoms with Crippen LogP contribution in [0.1, 0.15) is 24.2 Å². The van der Waals surface area contributed by atoms with Gasteiger partial charge in [-0.05, 0) is 6.07 Å². The number of nitrogen functional groups attached to an aromatic ring is 1. The van der Waals surface area contributed by atoms with E-state index in [0.29, 0.717) is 6.07 Å². The molecule has 3 nitrogen and oxygen atoms in total. The van der Waals surface area contributed by atoms with Gasteiger partial charge in [0.25, 0.3) is 12.9 Å². The Bertz CT molecular complexity index is 270. The lowest BCUT2D eigenvalue weighted by atomic mass is 10.4. The van der Waals surface area contributed by atoms with Gasteiger partial charge in [-0.1, -0.05) is 0 Å². The number of aromatic nitrogens is 2. The zero-order valence-corrected chi connectivity index (χ0v) is 5.72. The fourth-order valence-electron chi connectivity index (χ4n) is 0.698. The Balaban J connectivity index is 3.00. The number of nitrogens with zero attached hydrogens (tertiary/aromatic N) is 2. The summed E-state index contributed by atoms with van der Waals surface area (Å²) in [7, 11) is 0. The fraction of sp³-hybridized carbons (Fsp3) is 0.400. The first-order valence-corrected chi connectivity index (χ1v) is 2.93. The van der Waals surface area contributed by atoms with Crippen molar-refractivity contribution in [2.45, 2.75) is 12.9 Å². The molecule has 0 amide bonds. The van der Waals surface area contributed by atoms with Crippen LogP contribution in [0, 0.1) is 0 Å². The molecule has 1 aromatic rings. The molecule has 0 saturated carbocycles. The number of nitrogens with two attached hydrogens (primary N) is 1. The van der Waals surface area contributed by atoms with Gasteiger partial charge in [0.15, 0.2) is 0 Å². The quantitative estimate of drug-likeness (QED) is 0.557. The zero-order chi connectivity index (χ0) is 9.30. The van der Waals surface area contributed by atoms with E-state index in [1.165, 1.54) is 0 Å². The molecule has 1 aromatic heterocycles. The number of hydrogen-bond donors (Lipinski definition) is 1. The number of halogens is 4. The van der Waals surface area contributed by atoms with Crippen LogP contribution in [0.15, 0.2) is 6.07 Å². The normalized spacial score (nSPS) is 11.5. The Morgan fingerprint density at radius 2 is 1.83 bits per heavy atom. The summed E-state index contributed by atoms with van der Waals surface area (Å²) in [5.41, 5.74) is -1.46. The monoisotopic (exact) mass is 183 g/mol. The van der Waals surface area contributed by atoms with Gasteiger partial charge in [-0.3, -0.25) is 0 Å². The molecule has 0 aliphatic rings. The van der Waals surface area contributed by atoms with Gasteiger partial charge in [-0.15, -0.1) is 0 Å². The van der Waals surface area contributed by atoms with Gasteiger partial charge in [0.2, 0.25) is 0 Å². The molecule has 0 aromatic carbocycles. The Hall–Kier alpha value is -1.27. The van der Waals surface area contributed by atoms with Crippen LogP contribution >= 0.6 is 0 Å². The minimum atomic E-state index is -2.89. The summed E-state index contributed by atoms with van der Waals surface area (Å²) in [4.78, 5) is 0.256. The van der Waals surface area contributed by atoms with Gasteiger partial charge in [-0.2, -0.15) is 9.89 Å². The lowest BCUT2D eigenvalue weighted by Gasteiger charge is -1.96. The number of alkyl halides is 4. The molecule has 0 aliphatic heterocycles. The zero-order valence-electron chi connectivity index (χ0n) is 5.72. The van der Waals surface area contributed by atoms with Gasteiger partial charge in [0.1, 0.15) is 11.4 Å². The van der Waals surface area contributed by atoms with E-state index in [1.54, 1.807) is 0 Å². The summed E-state index contributed by atoms with van der Waals surface area (Å²) in [6.07, 6.45) is -5.78. The van der Waals surface area contributed by atoms with Gasteiger partial charge in [0.05, 0.1) is 0 Å². The van der Waals surface area contributed by atoms with Gasteiger partial charge in [-0.25, -0.2) is 17.6 Å². The summed E-state index contributed by atoms with van der Waals surface area (Å²) in [5.74, 6) is 4.87. The third kappa shape index (κ3) is 1.49. The van der Waals surface area contributed by atoms with Crippen LogP contribution in [-0.4, -0.2) is 9.89 Å². The summed E-state index contributed by atoms with van der Waals surface area (Å²) >= 11 is 0. The summed E-state index contributed by atoms with van der Waals surface area (Å²) in [6, 6.07) is 0.579. The highest BCUT2D eigenvalue weighted by atomic mass is 19.3. The molecule has 0 fully saturated rings. The molecule has 0 atom stereocenters. The maximum atomic E-state index is 11.9. The van der Waals surface area contributed by atoms with E-state index >= 15 is 0 Å². The predicted molar refractivity (Wildman–Crippen MR) is 32.3 cm³/mol. The molecule has 1 rings (SSSR count). The van der Waals surface area contributed by atoms with Crippen molar-refractivity contribution in [2.24, 2.45) is 0 Å².